The lowest BCUT2D eigenvalue weighted by Crippen LogP contribution is -2.28. The molecule has 0 bridgehead atoms. The van der Waals surface area contributed by atoms with Crippen LogP contribution in [0.4, 0.5) is 0 Å². The molecule has 0 aromatic carbocycles. The third-order valence-corrected chi connectivity index (χ3v) is 7.38. The average molecular weight is 643 g/mol. The molecule has 2 atom stereocenters. The monoisotopic (exact) mass is 642 g/mol. The van der Waals surface area contributed by atoms with Gasteiger partial charge < -0.3 is 19.7 Å². The van der Waals surface area contributed by atoms with Crippen molar-refractivity contribution in [2.24, 2.45) is 0 Å². The van der Waals surface area contributed by atoms with Gasteiger partial charge in [0.05, 0.1) is 12.7 Å². The SMILES string of the molecule is CC/C=C\C/C=C\C/C=C\C/C=C\C/C=C\C=C/C(O)CCC(=O)OC[C@H](CO)OC(=O)CCCCCCCCCCCCCC. The van der Waals surface area contributed by atoms with E-state index >= 15 is 0 Å². The van der Waals surface area contributed by atoms with Crippen LogP contribution in [0.3, 0.4) is 0 Å². The summed E-state index contributed by atoms with van der Waals surface area (Å²) < 4.78 is 10.4. The summed E-state index contributed by atoms with van der Waals surface area (Å²) in [7, 11) is 0. The van der Waals surface area contributed by atoms with Crippen LogP contribution in [0.1, 0.15) is 142 Å². The Kier molecular flexibility index (Phi) is 33.1. The lowest BCUT2D eigenvalue weighted by molar-refractivity contribution is -0.161. The Labute approximate surface area is 281 Å². The van der Waals surface area contributed by atoms with Gasteiger partial charge in [-0.2, -0.15) is 0 Å². The average Bonchev–Trinajstić information content (AvgIpc) is 3.05. The van der Waals surface area contributed by atoms with E-state index in [0.717, 1.165) is 51.4 Å². The number of rotatable bonds is 31. The van der Waals surface area contributed by atoms with E-state index in [1.165, 1.54) is 57.8 Å². The van der Waals surface area contributed by atoms with Crippen LogP contribution in [0.25, 0.3) is 0 Å². The molecule has 0 aromatic rings. The number of carbonyl (C=O) groups excluding carboxylic acids is 2. The van der Waals surface area contributed by atoms with Crippen LogP contribution in [0.2, 0.25) is 0 Å². The Morgan fingerprint density at radius 1 is 0.609 bits per heavy atom. The quantitative estimate of drug-likeness (QED) is 0.0338. The minimum absolute atomic E-state index is 0.0299. The Bertz CT molecular complexity index is 882. The maximum atomic E-state index is 12.1. The van der Waals surface area contributed by atoms with Crippen molar-refractivity contribution in [3.63, 3.8) is 0 Å². The summed E-state index contributed by atoms with van der Waals surface area (Å²) in [6.45, 7) is 3.78. The van der Waals surface area contributed by atoms with E-state index in [0.29, 0.717) is 6.42 Å². The molecule has 6 nitrogen and oxygen atoms in total. The third kappa shape index (κ3) is 32.7. The maximum absolute atomic E-state index is 12.1. The molecule has 1 unspecified atom stereocenters. The zero-order valence-electron chi connectivity index (χ0n) is 29.2. The van der Waals surface area contributed by atoms with Crippen LogP contribution in [-0.4, -0.2) is 47.6 Å². The number of unbranched alkanes of at least 4 members (excludes halogenated alkanes) is 11. The van der Waals surface area contributed by atoms with Gasteiger partial charge in [0.25, 0.3) is 0 Å². The Morgan fingerprint density at radius 2 is 1.11 bits per heavy atom. The highest BCUT2D eigenvalue weighted by molar-refractivity contribution is 5.70. The normalized spacial score (nSPS) is 13.7. The van der Waals surface area contributed by atoms with Crippen LogP contribution < -0.4 is 0 Å². The van der Waals surface area contributed by atoms with Crippen molar-refractivity contribution in [1.29, 1.82) is 0 Å². The van der Waals surface area contributed by atoms with Gasteiger partial charge in [-0.1, -0.05) is 157 Å². The number of aliphatic hydroxyl groups is 2. The largest absolute Gasteiger partial charge is 0.462 e. The molecule has 0 saturated carbocycles. The summed E-state index contributed by atoms with van der Waals surface area (Å²) in [5.74, 6) is -0.879. The smallest absolute Gasteiger partial charge is 0.306 e. The van der Waals surface area contributed by atoms with Crippen molar-refractivity contribution in [2.75, 3.05) is 13.2 Å². The predicted molar refractivity (Wildman–Crippen MR) is 192 cm³/mol. The molecular formula is C40H66O6. The first kappa shape index (κ1) is 43.3. The van der Waals surface area contributed by atoms with Gasteiger partial charge in [0.2, 0.25) is 0 Å². The summed E-state index contributed by atoms with van der Waals surface area (Å²) in [6, 6.07) is 0. The van der Waals surface area contributed by atoms with Gasteiger partial charge in [0.1, 0.15) is 6.61 Å². The van der Waals surface area contributed by atoms with Gasteiger partial charge >= 0.3 is 11.9 Å². The minimum atomic E-state index is -0.867. The summed E-state index contributed by atoms with van der Waals surface area (Å²) in [4.78, 5) is 24.2. The van der Waals surface area contributed by atoms with E-state index in [4.69, 9.17) is 9.47 Å². The third-order valence-electron chi connectivity index (χ3n) is 7.38. The van der Waals surface area contributed by atoms with Crippen molar-refractivity contribution >= 4 is 11.9 Å². The molecule has 262 valence electrons. The molecule has 0 aliphatic rings. The lowest BCUT2D eigenvalue weighted by Gasteiger charge is -2.16. The number of carbonyl (C=O) groups is 2. The number of hydrogen-bond donors (Lipinski definition) is 2. The van der Waals surface area contributed by atoms with Crippen LogP contribution in [-0.2, 0) is 19.1 Å². The standard InChI is InChI=1S/C40H66O6/c1-3-5-7-9-11-13-15-17-18-19-20-21-23-25-27-29-31-37(42)33-34-39(43)45-36-38(35-41)46-40(44)32-30-28-26-24-22-16-14-12-10-8-6-4-2/h5,7,11,13,17-18,20-21,25,27,29,31,37-38,41-42H,3-4,6,8-10,12,14-16,19,22-24,26,28,30,32-36H2,1-2H3/b7-5-,13-11-,18-17-,21-20-,27-25-,31-29-/t37?,38-/m0/s1. The van der Waals surface area contributed by atoms with Crippen molar-refractivity contribution in [3.05, 3.63) is 72.9 Å². The zero-order chi connectivity index (χ0) is 33.8. The molecule has 0 heterocycles. The van der Waals surface area contributed by atoms with Crippen molar-refractivity contribution in [1.82, 2.24) is 0 Å². The van der Waals surface area contributed by atoms with Gasteiger partial charge in [0.15, 0.2) is 6.10 Å². The number of hydrogen-bond acceptors (Lipinski definition) is 6. The molecule has 0 aliphatic carbocycles. The summed E-state index contributed by atoms with van der Waals surface area (Å²) >= 11 is 0. The molecule has 0 amide bonds. The molecule has 46 heavy (non-hydrogen) atoms. The molecule has 0 aromatic heterocycles. The second kappa shape index (κ2) is 35.2. The lowest BCUT2D eigenvalue weighted by atomic mass is 10.0. The number of allylic oxidation sites excluding steroid dienone is 11. The predicted octanol–water partition coefficient (Wildman–Crippen LogP) is 9.97. The molecular weight excluding hydrogens is 576 g/mol. The van der Waals surface area contributed by atoms with Crippen molar-refractivity contribution < 1.29 is 29.3 Å². The van der Waals surface area contributed by atoms with Gasteiger partial charge in [-0.15, -0.1) is 0 Å². The van der Waals surface area contributed by atoms with Crippen molar-refractivity contribution in [2.45, 2.75) is 154 Å². The minimum Gasteiger partial charge on any atom is -0.462 e. The first-order valence-corrected chi connectivity index (χ1v) is 18.1. The van der Waals surface area contributed by atoms with E-state index < -0.39 is 24.8 Å². The van der Waals surface area contributed by atoms with E-state index in [1.807, 2.05) is 12.2 Å². The fraction of sp³-hybridized carbons (Fsp3) is 0.650. The summed E-state index contributed by atoms with van der Waals surface area (Å²) in [5, 5.41) is 19.6. The molecule has 0 saturated heterocycles. The van der Waals surface area contributed by atoms with E-state index in [1.54, 1.807) is 12.2 Å². The Balaban J connectivity index is 3.86. The molecule has 0 spiro atoms. The second-order valence-electron chi connectivity index (χ2n) is 11.8. The first-order valence-electron chi connectivity index (χ1n) is 18.1. The molecule has 6 heteroatoms. The van der Waals surface area contributed by atoms with E-state index in [2.05, 4.69) is 62.5 Å². The Hall–Kier alpha value is -2.70. The summed E-state index contributed by atoms with van der Waals surface area (Å²) in [6.07, 6.45) is 42.9. The number of esters is 2. The number of aliphatic hydroxyl groups excluding tert-OH is 2. The molecule has 0 aliphatic heterocycles. The summed E-state index contributed by atoms with van der Waals surface area (Å²) in [5.41, 5.74) is 0. The van der Waals surface area contributed by atoms with Crippen LogP contribution >= 0.6 is 0 Å². The van der Waals surface area contributed by atoms with Crippen LogP contribution in [0, 0.1) is 0 Å². The van der Waals surface area contributed by atoms with Crippen LogP contribution in [0.5, 0.6) is 0 Å². The van der Waals surface area contributed by atoms with Crippen LogP contribution in [0.15, 0.2) is 72.9 Å². The highest BCUT2D eigenvalue weighted by Gasteiger charge is 2.16. The molecule has 0 rings (SSSR count). The maximum Gasteiger partial charge on any atom is 0.306 e. The molecule has 0 radical (unpaired) electrons. The fourth-order valence-electron chi connectivity index (χ4n) is 4.60. The topological polar surface area (TPSA) is 93.1 Å². The molecule has 0 fully saturated rings. The van der Waals surface area contributed by atoms with E-state index in [-0.39, 0.29) is 25.4 Å². The zero-order valence-corrected chi connectivity index (χ0v) is 29.2. The highest BCUT2D eigenvalue weighted by atomic mass is 16.6. The van der Waals surface area contributed by atoms with Gasteiger partial charge in [-0.3, -0.25) is 9.59 Å². The number of ether oxygens (including phenoxy) is 2. The van der Waals surface area contributed by atoms with E-state index in [9.17, 15) is 19.8 Å². The van der Waals surface area contributed by atoms with Gasteiger partial charge in [-0.25, -0.2) is 0 Å². The first-order chi connectivity index (χ1) is 22.5. The van der Waals surface area contributed by atoms with Crippen molar-refractivity contribution in [3.8, 4) is 0 Å². The van der Waals surface area contributed by atoms with Gasteiger partial charge in [-0.05, 0) is 44.9 Å². The second-order valence-corrected chi connectivity index (χ2v) is 11.8. The Morgan fingerprint density at radius 3 is 1.63 bits per heavy atom. The fourth-order valence-corrected chi connectivity index (χ4v) is 4.60. The highest BCUT2D eigenvalue weighted by Crippen LogP contribution is 2.13. The van der Waals surface area contributed by atoms with Gasteiger partial charge in [0, 0.05) is 12.8 Å². The molecule has 2 N–H and O–H groups in total.